The van der Waals surface area contributed by atoms with E-state index in [9.17, 15) is 4.79 Å². The van der Waals surface area contributed by atoms with Crippen LogP contribution in [0.25, 0.3) is 22.3 Å². The molecule has 3 aromatic rings. The van der Waals surface area contributed by atoms with E-state index in [1.54, 1.807) is 6.33 Å². The zero-order valence-electron chi connectivity index (χ0n) is 15.8. The molecule has 0 radical (unpaired) electrons. The molecule has 0 bridgehead atoms. The van der Waals surface area contributed by atoms with Gasteiger partial charge in [-0.3, -0.25) is 9.48 Å². The van der Waals surface area contributed by atoms with E-state index in [0.717, 1.165) is 22.3 Å². The van der Waals surface area contributed by atoms with E-state index in [-0.39, 0.29) is 24.0 Å². The van der Waals surface area contributed by atoms with Crippen LogP contribution in [0.1, 0.15) is 19.4 Å². The quantitative estimate of drug-likeness (QED) is 0.715. The zero-order valence-corrected chi connectivity index (χ0v) is 15.8. The number of ether oxygens (including phenoxy) is 2. The first-order valence-corrected chi connectivity index (χ1v) is 9.46. The smallest absolute Gasteiger partial charge is 0.241 e. The first-order valence-electron chi connectivity index (χ1n) is 9.46. The number of aryl methyl sites for hydroxylation is 1. The van der Waals surface area contributed by atoms with Gasteiger partial charge in [-0.15, -0.1) is 0 Å². The van der Waals surface area contributed by atoms with E-state index < -0.39 is 0 Å². The lowest BCUT2D eigenvalue weighted by molar-refractivity contribution is -0.119. The minimum Gasteiger partial charge on any atom is -0.473 e. The molecule has 2 aliphatic heterocycles. The molecule has 2 saturated heterocycles. The SMILES string of the molecule is C[C@@H](Oc1nc(-c2cnn(C3COC3)c2)cc2ncn(C)c12)[C@H]1CNC(=O)C1. The summed E-state index contributed by atoms with van der Waals surface area (Å²) in [7, 11) is 1.92. The largest absolute Gasteiger partial charge is 0.473 e. The fourth-order valence-electron chi connectivity index (χ4n) is 3.65. The molecule has 3 aromatic heterocycles. The molecule has 0 saturated carbocycles. The molecule has 146 valence electrons. The average molecular weight is 382 g/mol. The molecule has 1 amide bonds. The maximum absolute atomic E-state index is 11.5. The van der Waals surface area contributed by atoms with Crippen molar-refractivity contribution in [1.82, 2.24) is 29.6 Å². The van der Waals surface area contributed by atoms with Crippen LogP contribution in [0.4, 0.5) is 0 Å². The van der Waals surface area contributed by atoms with Crippen LogP contribution in [-0.2, 0) is 16.6 Å². The lowest BCUT2D eigenvalue weighted by atomic mass is 10.0. The molecule has 9 nitrogen and oxygen atoms in total. The second kappa shape index (κ2) is 6.59. The molecular formula is C19H22N6O3. The van der Waals surface area contributed by atoms with Crippen molar-refractivity contribution in [3.05, 3.63) is 24.8 Å². The van der Waals surface area contributed by atoms with E-state index >= 15 is 0 Å². The van der Waals surface area contributed by atoms with Gasteiger partial charge in [0.1, 0.15) is 11.6 Å². The van der Waals surface area contributed by atoms with Gasteiger partial charge in [0.15, 0.2) is 0 Å². The Kier molecular flexibility index (Phi) is 4.04. The Hall–Kier alpha value is -2.94. The molecule has 28 heavy (non-hydrogen) atoms. The van der Waals surface area contributed by atoms with Gasteiger partial charge in [0, 0.05) is 37.7 Å². The van der Waals surface area contributed by atoms with Crippen molar-refractivity contribution in [3.63, 3.8) is 0 Å². The normalized spacial score (nSPS) is 20.9. The molecule has 1 N–H and O–H groups in total. The van der Waals surface area contributed by atoms with E-state index in [2.05, 4.69) is 15.4 Å². The Labute approximate surface area is 161 Å². The Balaban J connectivity index is 1.49. The molecule has 0 spiro atoms. The van der Waals surface area contributed by atoms with Gasteiger partial charge >= 0.3 is 0 Å². The molecule has 0 unspecified atom stereocenters. The predicted molar refractivity (Wildman–Crippen MR) is 101 cm³/mol. The number of rotatable bonds is 5. The van der Waals surface area contributed by atoms with Crippen molar-refractivity contribution < 1.29 is 14.3 Å². The number of hydrogen-bond acceptors (Lipinski definition) is 6. The maximum Gasteiger partial charge on any atom is 0.241 e. The lowest BCUT2D eigenvalue weighted by Gasteiger charge is -2.25. The number of fused-ring (bicyclic) bond motifs is 1. The van der Waals surface area contributed by atoms with Crippen LogP contribution < -0.4 is 10.1 Å². The van der Waals surface area contributed by atoms with Gasteiger partial charge in [0.05, 0.1) is 43.0 Å². The number of imidazole rings is 1. The topological polar surface area (TPSA) is 96.1 Å². The summed E-state index contributed by atoms with van der Waals surface area (Å²) in [6.07, 6.45) is 5.88. The van der Waals surface area contributed by atoms with Gasteiger partial charge in [-0.05, 0) is 13.0 Å². The third-order valence-electron chi connectivity index (χ3n) is 5.53. The molecule has 2 fully saturated rings. The summed E-state index contributed by atoms with van der Waals surface area (Å²) >= 11 is 0. The molecule has 2 aliphatic rings. The highest BCUT2D eigenvalue weighted by molar-refractivity contribution is 5.84. The van der Waals surface area contributed by atoms with Crippen molar-refractivity contribution >= 4 is 16.9 Å². The summed E-state index contributed by atoms with van der Waals surface area (Å²) in [5, 5.41) is 7.31. The number of pyridine rings is 1. The fraction of sp³-hybridized carbons (Fsp3) is 0.474. The van der Waals surface area contributed by atoms with E-state index in [1.807, 2.05) is 41.7 Å². The Bertz CT molecular complexity index is 1040. The van der Waals surface area contributed by atoms with Crippen LogP contribution in [-0.4, -0.2) is 56.1 Å². The Morgan fingerprint density at radius 3 is 2.96 bits per heavy atom. The highest BCUT2D eigenvalue weighted by Gasteiger charge is 2.29. The minimum absolute atomic E-state index is 0.0697. The van der Waals surface area contributed by atoms with Gasteiger partial charge in [-0.2, -0.15) is 5.10 Å². The summed E-state index contributed by atoms with van der Waals surface area (Å²) in [6, 6.07) is 2.24. The average Bonchev–Trinajstić information content (AvgIpc) is 3.34. The van der Waals surface area contributed by atoms with Crippen LogP contribution in [0.5, 0.6) is 5.88 Å². The van der Waals surface area contributed by atoms with Crippen LogP contribution >= 0.6 is 0 Å². The first-order chi connectivity index (χ1) is 13.6. The molecule has 5 heterocycles. The third-order valence-corrected chi connectivity index (χ3v) is 5.53. The van der Waals surface area contributed by atoms with Gasteiger partial charge in [-0.1, -0.05) is 0 Å². The van der Waals surface area contributed by atoms with Crippen molar-refractivity contribution in [2.75, 3.05) is 19.8 Å². The molecular weight excluding hydrogens is 360 g/mol. The Morgan fingerprint density at radius 1 is 1.39 bits per heavy atom. The molecule has 0 aromatic carbocycles. The number of nitrogens with one attached hydrogen (secondary N) is 1. The highest BCUT2D eigenvalue weighted by atomic mass is 16.5. The van der Waals surface area contributed by atoms with Crippen molar-refractivity contribution in [3.8, 4) is 17.1 Å². The number of nitrogens with zero attached hydrogens (tertiary/aromatic N) is 5. The number of hydrogen-bond donors (Lipinski definition) is 1. The molecule has 0 aliphatic carbocycles. The van der Waals surface area contributed by atoms with Crippen LogP contribution in [0, 0.1) is 5.92 Å². The summed E-state index contributed by atoms with van der Waals surface area (Å²) in [4.78, 5) is 20.8. The molecule has 2 atom stereocenters. The zero-order chi connectivity index (χ0) is 19.3. The van der Waals surface area contributed by atoms with Gasteiger partial charge < -0.3 is 19.4 Å². The number of amides is 1. The van der Waals surface area contributed by atoms with Gasteiger partial charge in [-0.25, -0.2) is 9.97 Å². The van der Waals surface area contributed by atoms with Gasteiger partial charge in [0.25, 0.3) is 0 Å². The highest BCUT2D eigenvalue weighted by Crippen LogP contribution is 2.31. The molecule has 5 rings (SSSR count). The second-order valence-corrected chi connectivity index (χ2v) is 7.53. The Morgan fingerprint density at radius 2 is 2.25 bits per heavy atom. The summed E-state index contributed by atoms with van der Waals surface area (Å²) in [5.74, 6) is 0.724. The summed E-state index contributed by atoms with van der Waals surface area (Å²) < 4.78 is 15.3. The second-order valence-electron chi connectivity index (χ2n) is 7.53. The number of carbonyl (C=O) groups is 1. The number of carbonyl (C=O) groups excluding carboxylic acids is 1. The maximum atomic E-state index is 11.5. The monoisotopic (exact) mass is 382 g/mol. The van der Waals surface area contributed by atoms with Crippen molar-refractivity contribution in [2.24, 2.45) is 13.0 Å². The van der Waals surface area contributed by atoms with Crippen LogP contribution in [0.2, 0.25) is 0 Å². The van der Waals surface area contributed by atoms with E-state index in [1.165, 1.54) is 0 Å². The van der Waals surface area contributed by atoms with E-state index in [0.29, 0.717) is 32.1 Å². The standard InChI is InChI=1S/C19H22N6O3/c1-11(12-3-17(26)20-5-12)28-19-18-16(21-10-24(18)2)4-15(23-19)13-6-22-25(7-13)14-8-27-9-14/h4,6-7,10-12,14H,3,5,8-9H2,1-2H3,(H,20,26)/t11-,12-/m1/s1. The van der Waals surface area contributed by atoms with Crippen molar-refractivity contribution in [1.29, 1.82) is 0 Å². The molecule has 9 heteroatoms. The minimum atomic E-state index is -0.144. The fourth-order valence-corrected chi connectivity index (χ4v) is 3.65. The summed E-state index contributed by atoms with van der Waals surface area (Å²) in [5.41, 5.74) is 3.33. The summed E-state index contributed by atoms with van der Waals surface area (Å²) in [6.45, 7) is 3.99. The first kappa shape index (κ1) is 17.2. The lowest BCUT2D eigenvalue weighted by Crippen LogP contribution is -2.30. The van der Waals surface area contributed by atoms with Crippen molar-refractivity contribution in [2.45, 2.75) is 25.5 Å². The number of aromatic nitrogens is 5. The van der Waals surface area contributed by atoms with Crippen LogP contribution in [0.15, 0.2) is 24.8 Å². The van der Waals surface area contributed by atoms with Gasteiger partial charge in [0.2, 0.25) is 11.8 Å². The van der Waals surface area contributed by atoms with E-state index in [4.69, 9.17) is 14.5 Å². The third kappa shape index (κ3) is 2.91. The predicted octanol–water partition coefficient (Wildman–Crippen LogP) is 1.31. The van der Waals surface area contributed by atoms with Crippen LogP contribution in [0.3, 0.4) is 0 Å².